The molecule has 1 fully saturated rings. The van der Waals surface area contributed by atoms with E-state index >= 15 is 0 Å². The lowest BCUT2D eigenvalue weighted by Crippen LogP contribution is -2.42. The summed E-state index contributed by atoms with van der Waals surface area (Å²) >= 11 is 0. The van der Waals surface area contributed by atoms with Gasteiger partial charge in [-0.2, -0.15) is 18.0 Å². The van der Waals surface area contributed by atoms with Crippen molar-refractivity contribution in [2.24, 2.45) is 0 Å². The molecule has 0 aliphatic carbocycles. The van der Waals surface area contributed by atoms with Crippen LogP contribution in [0.1, 0.15) is 49.1 Å². The number of benzene rings is 1. The number of aromatic amines is 1. The smallest absolute Gasteiger partial charge is 0.361 e. The van der Waals surface area contributed by atoms with Crippen molar-refractivity contribution in [3.05, 3.63) is 53.5 Å². The maximum atomic E-state index is 13.2. The second-order valence-corrected chi connectivity index (χ2v) is 7.69. The van der Waals surface area contributed by atoms with Gasteiger partial charge < -0.3 is 10.3 Å². The van der Waals surface area contributed by atoms with E-state index in [2.05, 4.69) is 15.4 Å². The molecule has 0 radical (unpaired) electrons. The monoisotopic (exact) mass is 419 g/mol. The predicted molar refractivity (Wildman–Crippen MR) is 108 cm³/mol. The Bertz CT molecular complexity index is 1030. The fraction of sp³-hybridized carbons (Fsp3) is 0.429. The molecule has 2 aromatic heterocycles. The average Bonchev–Trinajstić information content (AvgIpc) is 3.38. The first-order chi connectivity index (χ1) is 14.3. The number of alkyl halides is 3. The Morgan fingerprint density at radius 3 is 2.70 bits per heavy atom. The first kappa shape index (κ1) is 20.3. The lowest BCUT2D eigenvalue weighted by Gasteiger charge is -2.30. The van der Waals surface area contributed by atoms with E-state index in [0.717, 1.165) is 41.8 Å². The van der Waals surface area contributed by atoms with Gasteiger partial charge in [-0.3, -0.25) is 9.80 Å². The lowest BCUT2D eigenvalue weighted by atomic mass is 9.99. The molecule has 1 aliphatic heterocycles. The number of rotatable bonds is 5. The Labute approximate surface area is 172 Å². The van der Waals surface area contributed by atoms with Crippen molar-refractivity contribution in [3.8, 4) is 0 Å². The highest BCUT2D eigenvalue weighted by molar-refractivity contribution is 5.86. The highest BCUT2D eigenvalue weighted by Crippen LogP contribution is 2.29. The Kier molecular flexibility index (Phi) is 5.44. The van der Waals surface area contributed by atoms with Crippen LogP contribution in [0.4, 0.5) is 13.2 Å². The van der Waals surface area contributed by atoms with Crippen LogP contribution in [0.3, 0.4) is 0 Å². The van der Waals surface area contributed by atoms with E-state index in [0.29, 0.717) is 18.8 Å². The molecule has 6 nitrogen and oxygen atoms in total. The van der Waals surface area contributed by atoms with Crippen molar-refractivity contribution in [1.82, 2.24) is 20.2 Å². The minimum Gasteiger partial charge on any atom is -0.361 e. The molecule has 1 aliphatic rings. The van der Waals surface area contributed by atoms with Gasteiger partial charge in [0.15, 0.2) is 5.69 Å². The summed E-state index contributed by atoms with van der Waals surface area (Å²) in [4.78, 5) is 17.1. The molecule has 3 heterocycles. The molecular formula is C21H24F3N5O. The van der Waals surface area contributed by atoms with Gasteiger partial charge >= 0.3 is 6.18 Å². The first-order valence-corrected chi connectivity index (χ1v) is 10.1. The molecule has 0 bridgehead atoms. The third kappa shape index (κ3) is 4.15. The maximum absolute atomic E-state index is 13.2. The molecular weight excluding hydrogens is 395 g/mol. The zero-order chi connectivity index (χ0) is 21.3. The van der Waals surface area contributed by atoms with Gasteiger partial charge in [0.2, 0.25) is 5.91 Å². The number of hydrogen-bond donors (Lipinski definition) is 2. The van der Waals surface area contributed by atoms with E-state index in [1.165, 1.54) is 4.79 Å². The van der Waals surface area contributed by atoms with Gasteiger partial charge in [0.1, 0.15) is 0 Å². The minimum atomic E-state index is -4.53. The Morgan fingerprint density at radius 2 is 1.97 bits per heavy atom. The highest BCUT2D eigenvalue weighted by atomic mass is 19.4. The van der Waals surface area contributed by atoms with Gasteiger partial charge in [0, 0.05) is 24.8 Å². The molecule has 2 N–H and O–H groups in total. The largest absolute Gasteiger partial charge is 0.435 e. The molecule has 3 aromatic rings. The normalized spacial score (nSPS) is 16.1. The van der Waals surface area contributed by atoms with Crippen molar-refractivity contribution in [2.75, 3.05) is 18.1 Å². The van der Waals surface area contributed by atoms with Crippen LogP contribution in [0, 0.1) is 0 Å². The van der Waals surface area contributed by atoms with Crippen molar-refractivity contribution < 1.29 is 18.0 Å². The van der Waals surface area contributed by atoms with Crippen LogP contribution in [0.2, 0.25) is 0 Å². The van der Waals surface area contributed by atoms with E-state index in [-0.39, 0.29) is 12.5 Å². The Balaban J connectivity index is 1.50. The number of aromatic nitrogens is 3. The third-order valence-corrected chi connectivity index (χ3v) is 5.57. The maximum Gasteiger partial charge on any atom is 0.435 e. The molecule has 160 valence electrons. The van der Waals surface area contributed by atoms with Crippen molar-refractivity contribution in [2.45, 2.75) is 44.8 Å². The number of fused-ring (bicyclic) bond motifs is 1. The van der Waals surface area contributed by atoms with Gasteiger partial charge in [-0.25, -0.2) is 0 Å². The number of hydrogen-bond acceptors (Lipinski definition) is 3. The molecule has 9 heteroatoms. The van der Waals surface area contributed by atoms with Gasteiger partial charge in [-0.05, 0) is 61.4 Å². The van der Waals surface area contributed by atoms with Gasteiger partial charge in [-0.15, -0.1) is 5.10 Å². The molecule has 1 aromatic carbocycles. The Hall–Kier alpha value is -2.97. The molecule has 30 heavy (non-hydrogen) atoms. The zero-order valence-electron chi connectivity index (χ0n) is 16.7. The molecule has 1 amide bonds. The summed E-state index contributed by atoms with van der Waals surface area (Å²) in [7, 11) is 0. The molecule has 1 unspecified atom stereocenters. The number of piperidine rings is 1. The summed E-state index contributed by atoms with van der Waals surface area (Å²) in [6.07, 6.45) is 0.175. The van der Waals surface area contributed by atoms with Crippen molar-refractivity contribution in [1.29, 1.82) is 0 Å². The van der Waals surface area contributed by atoms with Crippen LogP contribution < -0.4 is 10.3 Å². The van der Waals surface area contributed by atoms with Gasteiger partial charge in [0.25, 0.3) is 0 Å². The van der Waals surface area contributed by atoms with Crippen molar-refractivity contribution >= 4 is 16.8 Å². The molecule has 1 saturated heterocycles. The first-order valence-electron chi connectivity index (χ1n) is 10.1. The molecule has 4 rings (SSSR count). The van der Waals surface area contributed by atoms with Crippen LogP contribution in [0.5, 0.6) is 0 Å². The van der Waals surface area contributed by atoms with Crippen LogP contribution in [0.25, 0.3) is 10.9 Å². The number of nitrogens with zero attached hydrogens (tertiary/aromatic N) is 3. The van der Waals surface area contributed by atoms with E-state index < -0.39 is 17.8 Å². The van der Waals surface area contributed by atoms with E-state index in [1.54, 1.807) is 6.92 Å². The summed E-state index contributed by atoms with van der Waals surface area (Å²) in [5, 5.41) is 9.37. The summed E-state index contributed by atoms with van der Waals surface area (Å²) in [5.74, 6) is -0.678. The second kappa shape index (κ2) is 8.04. The summed E-state index contributed by atoms with van der Waals surface area (Å²) in [6.45, 7) is 3.06. The van der Waals surface area contributed by atoms with Crippen molar-refractivity contribution in [3.63, 3.8) is 0 Å². The third-order valence-electron chi connectivity index (χ3n) is 5.57. The van der Waals surface area contributed by atoms with E-state index in [1.807, 2.05) is 35.5 Å². The number of carbonyl (C=O) groups excluding carboxylic acids is 1. The standard InChI is InChI=1S/C21H24F3N5O/c1-14(15-5-6-18-16(11-15)7-8-25-18)20(30)26-13-17-12-19(21(22,23)24)27-29(17)28-9-3-2-4-10-28/h5-8,11-12,14,25H,2-4,9-10,13H2,1H3,(H,26,30). The quantitative estimate of drug-likeness (QED) is 0.659. The van der Waals surface area contributed by atoms with Gasteiger partial charge in [-0.1, -0.05) is 6.07 Å². The topological polar surface area (TPSA) is 66.0 Å². The molecule has 0 spiro atoms. The number of H-pyrrole nitrogens is 1. The molecule has 1 atom stereocenters. The fourth-order valence-corrected chi connectivity index (χ4v) is 3.81. The molecule has 0 saturated carbocycles. The Morgan fingerprint density at radius 1 is 1.20 bits per heavy atom. The highest BCUT2D eigenvalue weighted by Gasteiger charge is 2.35. The van der Waals surface area contributed by atoms with Crippen LogP contribution in [-0.4, -0.2) is 33.9 Å². The fourth-order valence-electron chi connectivity index (χ4n) is 3.81. The SMILES string of the molecule is CC(C(=O)NCc1cc(C(F)(F)F)nn1N1CCCCC1)c1ccc2[nH]ccc2c1. The second-order valence-electron chi connectivity index (χ2n) is 7.69. The summed E-state index contributed by atoms with van der Waals surface area (Å²) < 4.78 is 39.6. The summed E-state index contributed by atoms with van der Waals surface area (Å²) in [6, 6.07) is 8.68. The average molecular weight is 419 g/mol. The van der Waals surface area contributed by atoms with Crippen LogP contribution >= 0.6 is 0 Å². The lowest BCUT2D eigenvalue weighted by molar-refractivity contribution is -0.141. The van der Waals surface area contributed by atoms with Crippen LogP contribution in [0.15, 0.2) is 36.5 Å². The van der Waals surface area contributed by atoms with E-state index in [9.17, 15) is 18.0 Å². The minimum absolute atomic E-state index is 0.0187. The number of nitrogens with one attached hydrogen (secondary N) is 2. The summed E-state index contributed by atoms with van der Waals surface area (Å²) in [5.41, 5.74) is 1.21. The predicted octanol–water partition coefficient (Wildman–Crippen LogP) is 3.93. The zero-order valence-corrected chi connectivity index (χ0v) is 16.7. The van der Waals surface area contributed by atoms with Gasteiger partial charge in [0.05, 0.1) is 18.2 Å². The number of halogens is 3. The number of carbonyl (C=O) groups is 1. The van der Waals surface area contributed by atoms with E-state index in [4.69, 9.17) is 0 Å². The van der Waals surface area contributed by atoms with Crippen LogP contribution in [-0.2, 0) is 17.5 Å². The number of amides is 1.